The number of hydrazine groups is 1. The summed E-state index contributed by atoms with van der Waals surface area (Å²) in [5.74, 6) is -0.637. The van der Waals surface area contributed by atoms with Gasteiger partial charge in [0, 0.05) is 0 Å². The van der Waals surface area contributed by atoms with Crippen molar-refractivity contribution in [2.24, 2.45) is 0 Å². The van der Waals surface area contributed by atoms with E-state index in [-0.39, 0.29) is 11.4 Å². The standard InChI is InChI=1S/C7H6FN2O5P/c1-12-7-5(8)3-2-4-6(7)9-10-14-16(11,13-9)15-10/h2-4H,1H3. The van der Waals surface area contributed by atoms with Gasteiger partial charge in [0.1, 0.15) is 5.69 Å². The van der Waals surface area contributed by atoms with Crippen LogP contribution >= 0.6 is 7.82 Å². The highest BCUT2D eigenvalue weighted by Crippen LogP contribution is 2.67. The third kappa shape index (κ3) is 1.25. The molecule has 4 rings (SSSR count). The van der Waals surface area contributed by atoms with Crippen molar-refractivity contribution in [2.45, 2.75) is 0 Å². The molecule has 3 aliphatic heterocycles. The number of halogens is 1. The van der Waals surface area contributed by atoms with Crippen molar-refractivity contribution >= 4 is 13.5 Å². The molecule has 0 aliphatic carbocycles. The number of rotatable bonds is 2. The molecule has 86 valence electrons. The van der Waals surface area contributed by atoms with E-state index >= 15 is 0 Å². The van der Waals surface area contributed by atoms with Crippen molar-refractivity contribution in [1.82, 2.24) is 5.34 Å². The third-order valence-electron chi connectivity index (χ3n) is 2.02. The van der Waals surface area contributed by atoms with Gasteiger partial charge in [0.2, 0.25) is 0 Å². The minimum Gasteiger partial charge on any atom is -0.491 e. The second-order valence-electron chi connectivity index (χ2n) is 3.00. The van der Waals surface area contributed by atoms with Crippen LogP contribution < -0.4 is 9.91 Å². The van der Waals surface area contributed by atoms with E-state index in [1.54, 1.807) is 0 Å². The zero-order chi connectivity index (χ0) is 11.3. The Bertz CT molecular complexity index is 488. The molecular formula is C7H6FN2O5P. The van der Waals surface area contributed by atoms with Crippen LogP contribution in [0.3, 0.4) is 0 Å². The predicted octanol–water partition coefficient (Wildman–Crippen LogP) is 1.79. The van der Waals surface area contributed by atoms with Gasteiger partial charge in [0.05, 0.1) is 12.4 Å². The number of anilines is 1. The summed E-state index contributed by atoms with van der Waals surface area (Å²) in [6, 6.07) is 4.17. The molecule has 7 nitrogen and oxygen atoms in total. The molecular weight excluding hydrogens is 242 g/mol. The van der Waals surface area contributed by atoms with Crippen LogP contribution in [-0.2, 0) is 18.4 Å². The van der Waals surface area contributed by atoms with E-state index < -0.39 is 13.6 Å². The second-order valence-corrected chi connectivity index (χ2v) is 4.38. The number of nitrogens with zero attached hydrogens (tertiary/aromatic N) is 2. The molecule has 0 saturated carbocycles. The maximum atomic E-state index is 13.4. The van der Waals surface area contributed by atoms with Gasteiger partial charge < -0.3 is 4.74 Å². The molecule has 0 unspecified atom stereocenters. The Labute approximate surface area is 89.3 Å². The lowest BCUT2D eigenvalue weighted by atomic mass is 10.3. The summed E-state index contributed by atoms with van der Waals surface area (Å²) in [7, 11) is -2.19. The number of hydrogen-bond acceptors (Lipinski definition) is 7. The Balaban J connectivity index is 2.01. The Hall–Kier alpha value is -1.18. The van der Waals surface area contributed by atoms with Crippen LogP contribution in [0.1, 0.15) is 0 Å². The summed E-state index contributed by atoms with van der Waals surface area (Å²) in [6.07, 6.45) is 0. The molecule has 0 atom stereocenters. The Morgan fingerprint density at radius 3 is 2.69 bits per heavy atom. The van der Waals surface area contributed by atoms with Gasteiger partial charge in [-0.3, -0.25) is 0 Å². The smallest absolute Gasteiger partial charge is 0.491 e. The van der Waals surface area contributed by atoms with Crippen molar-refractivity contribution < 1.29 is 27.6 Å². The van der Waals surface area contributed by atoms with Gasteiger partial charge in [0.15, 0.2) is 11.6 Å². The first-order valence-corrected chi connectivity index (χ1v) is 5.71. The Morgan fingerprint density at radius 2 is 2.12 bits per heavy atom. The number of fused-ring (bicyclic) bond motifs is 1. The lowest BCUT2D eigenvalue weighted by Gasteiger charge is -2.22. The molecule has 3 aliphatic rings. The number of phosphoric acid groups is 1. The molecule has 9 heteroatoms. The van der Waals surface area contributed by atoms with Crippen LogP contribution in [0.25, 0.3) is 0 Å². The summed E-state index contributed by atoms with van der Waals surface area (Å²) in [5, 5.41) is 1.67. The SMILES string of the molecule is COc1c(F)cccc1N1OP2(=O)ON1O2. The molecule has 0 spiro atoms. The van der Waals surface area contributed by atoms with Gasteiger partial charge in [-0.05, 0) is 12.1 Å². The summed E-state index contributed by atoms with van der Waals surface area (Å²) in [4.78, 5) is 0. The number of ether oxygens (including phenoxy) is 1. The zero-order valence-electron chi connectivity index (χ0n) is 7.99. The highest BCUT2D eigenvalue weighted by atomic mass is 31.2. The molecule has 0 N–H and O–H groups in total. The molecule has 0 radical (unpaired) electrons. The Kier molecular flexibility index (Phi) is 1.97. The lowest BCUT2D eigenvalue weighted by molar-refractivity contribution is -0.318. The van der Waals surface area contributed by atoms with Crippen molar-refractivity contribution in [3.05, 3.63) is 24.0 Å². The topological polar surface area (TPSA) is 60.5 Å². The van der Waals surface area contributed by atoms with Gasteiger partial charge in [0.25, 0.3) is 0 Å². The fourth-order valence-electron chi connectivity index (χ4n) is 1.38. The minimum atomic E-state index is -3.49. The fraction of sp³-hybridized carbons (Fsp3) is 0.143. The van der Waals surface area contributed by atoms with Gasteiger partial charge in [-0.15, -0.1) is 19.0 Å². The predicted molar refractivity (Wildman–Crippen MR) is 48.1 cm³/mol. The van der Waals surface area contributed by atoms with E-state index in [1.165, 1.54) is 25.3 Å². The van der Waals surface area contributed by atoms with E-state index in [0.29, 0.717) is 0 Å². The molecule has 3 saturated heterocycles. The molecule has 3 heterocycles. The van der Waals surface area contributed by atoms with Crippen molar-refractivity contribution in [3.63, 3.8) is 0 Å². The summed E-state index contributed by atoms with van der Waals surface area (Å²) >= 11 is 0. The summed E-state index contributed by atoms with van der Waals surface area (Å²) in [5.41, 5.74) is 0.192. The first-order valence-electron chi connectivity index (χ1n) is 4.25. The van der Waals surface area contributed by atoms with Crippen molar-refractivity contribution in [3.8, 4) is 5.75 Å². The average molecular weight is 248 g/mol. The monoisotopic (exact) mass is 248 g/mol. The Morgan fingerprint density at radius 1 is 1.38 bits per heavy atom. The van der Waals surface area contributed by atoms with Crippen molar-refractivity contribution in [2.75, 3.05) is 12.3 Å². The zero-order valence-corrected chi connectivity index (χ0v) is 8.89. The molecule has 0 amide bonds. The first kappa shape index (κ1) is 10.0. The van der Waals surface area contributed by atoms with E-state index in [4.69, 9.17) is 9.36 Å². The largest absolute Gasteiger partial charge is 0.538 e. The van der Waals surface area contributed by atoms with Crippen LogP contribution in [0.5, 0.6) is 5.75 Å². The van der Waals surface area contributed by atoms with Gasteiger partial charge >= 0.3 is 7.82 Å². The second kappa shape index (κ2) is 3.16. The van der Waals surface area contributed by atoms with Gasteiger partial charge in [-0.25, -0.2) is 8.96 Å². The number of benzene rings is 1. The van der Waals surface area contributed by atoms with E-state index in [0.717, 1.165) is 10.5 Å². The highest BCUT2D eigenvalue weighted by Gasteiger charge is 2.60. The van der Waals surface area contributed by atoms with Gasteiger partial charge in [-0.1, -0.05) is 6.07 Å². The molecule has 16 heavy (non-hydrogen) atoms. The highest BCUT2D eigenvalue weighted by molar-refractivity contribution is 7.49. The van der Waals surface area contributed by atoms with Crippen LogP contribution in [0, 0.1) is 5.82 Å². The van der Waals surface area contributed by atoms with E-state index in [9.17, 15) is 8.96 Å². The summed E-state index contributed by atoms with van der Waals surface area (Å²) < 4.78 is 43.6. The van der Waals surface area contributed by atoms with Crippen LogP contribution in [0.4, 0.5) is 10.1 Å². The van der Waals surface area contributed by atoms with Gasteiger partial charge in [-0.2, -0.15) is 0 Å². The van der Waals surface area contributed by atoms with E-state index in [2.05, 4.69) is 9.25 Å². The maximum absolute atomic E-state index is 13.4. The third-order valence-corrected chi connectivity index (χ3v) is 3.06. The number of methoxy groups -OCH3 is 1. The van der Waals surface area contributed by atoms with Crippen LogP contribution in [-0.4, -0.2) is 12.4 Å². The molecule has 3 fully saturated rings. The minimum absolute atomic E-state index is 0.0601. The fourth-order valence-corrected chi connectivity index (χ4v) is 2.26. The average Bonchev–Trinajstić information content (AvgIpc) is 2.70. The number of hydrogen-bond donors (Lipinski definition) is 0. The lowest BCUT2D eigenvalue weighted by Crippen LogP contribution is -2.34. The summed E-state index contributed by atoms with van der Waals surface area (Å²) in [6.45, 7) is 0. The molecule has 2 bridgehead atoms. The quantitative estimate of drug-likeness (QED) is 0.739. The molecule has 0 aromatic heterocycles. The van der Waals surface area contributed by atoms with Crippen LogP contribution in [0.15, 0.2) is 18.2 Å². The van der Waals surface area contributed by atoms with Crippen LogP contribution in [0.2, 0.25) is 0 Å². The van der Waals surface area contributed by atoms with E-state index in [1.807, 2.05) is 0 Å². The number of para-hydroxylation sites is 1. The first-order chi connectivity index (χ1) is 7.63. The normalized spacial score (nSPS) is 31.4. The molecule has 1 aromatic rings. The maximum Gasteiger partial charge on any atom is 0.538 e. The van der Waals surface area contributed by atoms with Crippen molar-refractivity contribution in [1.29, 1.82) is 0 Å². The molecule has 1 aromatic carbocycles.